The molecular formula is C15H18N2O2. The van der Waals surface area contributed by atoms with Gasteiger partial charge >= 0.3 is 0 Å². The highest BCUT2D eigenvalue weighted by atomic mass is 16.5. The number of para-hydroxylation sites is 1. The normalized spacial score (nSPS) is 20.5. The molecule has 1 aromatic carbocycles. The van der Waals surface area contributed by atoms with Gasteiger partial charge < -0.3 is 15.0 Å². The van der Waals surface area contributed by atoms with E-state index in [1.807, 2.05) is 23.1 Å². The molecule has 0 aromatic heterocycles. The maximum atomic E-state index is 11.4. The summed E-state index contributed by atoms with van der Waals surface area (Å²) in [6, 6.07) is 8.17. The van der Waals surface area contributed by atoms with Crippen LogP contribution in [-0.4, -0.2) is 23.9 Å². The van der Waals surface area contributed by atoms with Gasteiger partial charge in [-0.1, -0.05) is 18.2 Å². The topological polar surface area (TPSA) is 41.6 Å². The number of hydrogen-bond acceptors (Lipinski definition) is 3. The fourth-order valence-electron chi connectivity index (χ4n) is 3.01. The first-order chi connectivity index (χ1) is 9.11. The van der Waals surface area contributed by atoms with Crippen LogP contribution in [0.5, 0.6) is 0 Å². The van der Waals surface area contributed by atoms with E-state index in [2.05, 4.69) is 18.0 Å². The Morgan fingerprint density at radius 3 is 2.74 bits per heavy atom. The second-order valence-electron chi connectivity index (χ2n) is 5.20. The molecule has 3 rings (SSSR count). The van der Waals surface area contributed by atoms with E-state index in [0.29, 0.717) is 5.88 Å². The van der Waals surface area contributed by atoms with Crippen molar-refractivity contribution < 1.29 is 9.53 Å². The van der Waals surface area contributed by atoms with Gasteiger partial charge in [0, 0.05) is 44.1 Å². The number of likely N-dealkylation sites (tertiary alicyclic amines) is 1. The predicted molar refractivity (Wildman–Crippen MR) is 73.5 cm³/mol. The van der Waals surface area contributed by atoms with Gasteiger partial charge in [0.15, 0.2) is 5.88 Å². The molecule has 0 aliphatic carbocycles. The SMILES string of the molecule is C=C1Nc2ccccc2C2(CCN(C(C)=O)CC2)O1. The lowest BCUT2D eigenvalue weighted by Gasteiger charge is -2.45. The zero-order chi connectivity index (χ0) is 13.5. The van der Waals surface area contributed by atoms with Crippen LogP contribution in [0.25, 0.3) is 0 Å². The summed E-state index contributed by atoms with van der Waals surface area (Å²) in [5, 5.41) is 3.17. The summed E-state index contributed by atoms with van der Waals surface area (Å²) in [4.78, 5) is 13.3. The third-order valence-corrected chi connectivity index (χ3v) is 4.03. The van der Waals surface area contributed by atoms with Gasteiger partial charge in [0.1, 0.15) is 5.60 Å². The van der Waals surface area contributed by atoms with Crippen molar-refractivity contribution >= 4 is 11.6 Å². The van der Waals surface area contributed by atoms with E-state index in [-0.39, 0.29) is 11.5 Å². The van der Waals surface area contributed by atoms with E-state index < -0.39 is 0 Å². The molecule has 1 fully saturated rings. The van der Waals surface area contributed by atoms with Gasteiger partial charge in [0.25, 0.3) is 0 Å². The first-order valence-corrected chi connectivity index (χ1v) is 6.61. The van der Waals surface area contributed by atoms with Gasteiger partial charge in [-0.3, -0.25) is 4.79 Å². The van der Waals surface area contributed by atoms with Gasteiger partial charge in [0.05, 0.1) is 0 Å². The molecule has 2 heterocycles. The van der Waals surface area contributed by atoms with Crippen molar-refractivity contribution in [2.75, 3.05) is 18.4 Å². The molecule has 0 radical (unpaired) electrons. The van der Waals surface area contributed by atoms with E-state index in [4.69, 9.17) is 4.74 Å². The molecule has 0 saturated carbocycles. The Kier molecular flexibility index (Phi) is 2.73. The Hall–Kier alpha value is -1.97. The summed E-state index contributed by atoms with van der Waals surface area (Å²) < 4.78 is 6.03. The molecule has 0 unspecified atom stereocenters. The van der Waals surface area contributed by atoms with Gasteiger partial charge in [-0.2, -0.15) is 0 Å². The number of rotatable bonds is 0. The number of nitrogens with zero attached hydrogens (tertiary/aromatic N) is 1. The van der Waals surface area contributed by atoms with E-state index in [0.717, 1.165) is 31.6 Å². The molecule has 4 nitrogen and oxygen atoms in total. The molecular weight excluding hydrogens is 240 g/mol. The molecule has 1 aromatic rings. The summed E-state index contributed by atoms with van der Waals surface area (Å²) >= 11 is 0. The van der Waals surface area contributed by atoms with Crippen molar-refractivity contribution in [2.45, 2.75) is 25.4 Å². The summed E-state index contributed by atoms with van der Waals surface area (Å²) in [5.41, 5.74) is 1.91. The van der Waals surface area contributed by atoms with E-state index in [1.54, 1.807) is 6.92 Å². The van der Waals surface area contributed by atoms with Crippen molar-refractivity contribution in [1.29, 1.82) is 0 Å². The summed E-state index contributed by atoms with van der Waals surface area (Å²) in [6.45, 7) is 6.99. The van der Waals surface area contributed by atoms with Crippen LogP contribution in [-0.2, 0) is 15.1 Å². The second-order valence-corrected chi connectivity index (χ2v) is 5.20. The molecule has 0 bridgehead atoms. The summed E-state index contributed by atoms with van der Waals surface area (Å²) in [7, 11) is 0. The quantitative estimate of drug-likeness (QED) is 0.777. The first-order valence-electron chi connectivity index (χ1n) is 6.61. The van der Waals surface area contributed by atoms with Crippen molar-refractivity contribution in [3.8, 4) is 0 Å². The molecule has 1 spiro atoms. The standard InChI is InChI=1S/C15H18N2O2/c1-11-16-14-6-4-3-5-13(14)15(19-11)7-9-17(10-8-15)12(2)18/h3-6,16H,1,7-10H2,2H3. The molecule has 2 aliphatic rings. The average Bonchev–Trinajstić information content (AvgIpc) is 2.39. The Bertz CT molecular complexity index is 531. The number of carbonyl (C=O) groups excluding carboxylic acids is 1. The number of carbonyl (C=O) groups is 1. The maximum absolute atomic E-state index is 11.4. The number of anilines is 1. The van der Waals surface area contributed by atoms with Gasteiger partial charge in [-0.15, -0.1) is 0 Å². The summed E-state index contributed by atoms with van der Waals surface area (Å²) in [6.07, 6.45) is 1.62. The lowest BCUT2D eigenvalue weighted by molar-refractivity contribution is -0.134. The average molecular weight is 258 g/mol. The van der Waals surface area contributed by atoms with Crippen molar-refractivity contribution in [2.24, 2.45) is 0 Å². The van der Waals surface area contributed by atoms with Crippen molar-refractivity contribution in [1.82, 2.24) is 4.90 Å². The zero-order valence-corrected chi connectivity index (χ0v) is 11.1. The predicted octanol–water partition coefficient (Wildman–Crippen LogP) is 2.44. The minimum absolute atomic E-state index is 0.135. The van der Waals surface area contributed by atoms with Crippen LogP contribution in [0.1, 0.15) is 25.3 Å². The van der Waals surface area contributed by atoms with Crippen LogP contribution in [0.4, 0.5) is 5.69 Å². The Morgan fingerprint density at radius 2 is 2.05 bits per heavy atom. The number of amides is 1. The lowest BCUT2D eigenvalue weighted by atomic mass is 9.82. The van der Waals surface area contributed by atoms with Crippen molar-refractivity contribution in [3.63, 3.8) is 0 Å². The fraction of sp³-hybridized carbons (Fsp3) is 0.400. The fourth-order valence-corrected chi connectivity index (χ4v) is 3.01. The number of ether oxygens (including phenoxy) is 1. The first kappa shape index (κ1) is 12.1. The number of fused-ring (bicyclic) bond motifs is 2. The van der Waals surface area contributed by atoms with Crippen LogP contribution in [0.15, 0.2) is 36.7 Å². The molecule has 4 heteroatoms. The lowest BCUT2D eigenvalue weighted by Crippen LogP contribution is -2.47. The smallest absolute Gasteiger partial charge is 0.219 e. The Morgan fingerprint density at radius 1 is 1.37 bits per heavy atom. The number of benzene rings is 1. The second kappa shape index (κ2) is 4.30. The molecule has 1 amide bonds. The van der Waals surface area contributed by atoms with Crippen LogP contribution in [0.2, 0.25) is 0 Å². The summed E-state index contributed by atoms with van der Waals surface area (Å²) in [5.74, 6) is 0.728. The van der Waals surface area contributed by atoms with Crippen molar-refractivity contribution in [3.05, 3.63) is 42.3 Å². The number of nitrogens with one attached hydrogen (secondary N) is 1. The van der Waals surface area contributed by atoms with E-state index in [1.165, 1.54) is 5.56 Å². The third-order valence-electron chi connectivity index (χ3n) is 4.03. The molecule has 19 heavy (non-hydrogen) atoms. The zero-order valence-electron chi connectivity index (χ0n) is 11.1. The number of piperidine rings is 1. The van der Waals surface area contributed by atoms with Gasteiger partial charge in [-0.25, -0.2) is 0 Å². The monoisotopic (exact) mass is 258 g/mol. The molecule has 1 N–H and O–H groups in total. The van der Waals surface area contributed by atoms with E-state index >= 15 is 0 Å². The molecule has 0 atom stereocenters. The van der Waals surface area contributed by atoms with Crippen LogP contribution in [0, 0.1) is 0 Å². The van der Waals surface area contributed by atoms with Gasteiger partial charge in [0.2, 0.25) is 5.91 Å². The Balaban J connectivity index is 1.93. The molecule has 1 saturated heterocycles. The highest BCUT2D eigenvalue weighted by molar-refractivity contribution is 5.73. The maximum Gasteiger partial charge on any atom is 0.219 e. The molecule has 100 valence electrons. The van der Waals surface area contributed by atoms with Crippen LogP contribution < -0.4 is 5.32 Å². The highest BCUT2D eigenvalue weighted by Crippen LogP contribution is 2.44. The van der Waals surface area contributed by atoms with Crippen LogP contribution in [0.3, 0.4) is 0 Å². The Labute approximate surface area is 113 Å². The van der Waals surface area contributed by atoms with Gasteiger partial charge in [-0.05, 0) is 12.6 Å². The van der Waals surface area contributed by atoms with E-state index in [9.17, 15) is 4.79 Å². The minimum atomic E-state index is -0.328. The third kappa shape index (κ3) is 1.97. The van der Waals surface area contributed by atoms with Crippen LogP contribution >= 0.6 is 0 Å². The number of hydrogen-bond donors (Lipinski definition) is 1. The molecule has 2 aliphatic heterocycles. The largest absolute Gasteiger partial charge is 0.468 e. The minimum Gasteiger partial charge on any atom is -0.468 e. The highest BCUT2D eigenvalue weighted by Gasteiger charge is 2.43.